The second-order valence-corrected chi connectivity index (χ2v) is 4.56. The van der Waals surface area contributed by atoms with Crippen LogP contribution in [-0.2, 0) is 11.3 Å². The molecule has 0 spiro atoms. The van der Waals surface area contributed by atoms with Gasteiger partial charge in [0.05, 0.1) is 13.2 Å². The van der Waals surface area contributed by atoms with E-state index in [4.69, 9.17) is 25.9 Å². The maximum Gasteiger partial charge on any atom is 0.199 e. The fourth-order valence-electron chi connectivity index (χ4n) is 1.91. The second kappa shape index (κ2) is 7.50. The molecule has 5 heteroatoms. The highest BCUT2D eigenvalue weighted by Gasteiger charge is 2.10. The summed E-state index contributed by atoms with van der Waals surface area (Å²) in [6, 6.07) is 7.82. The zero-order chi connectivity index (χ0) is 13.5. The van der Waals surface area contributed by atoms with Crippen molar-refractivity contribution in [3.8, 4) is 0 Å². The Morgan fingerprint density at radius 3 is 2.95 bits per heavy atom. The molecule has 1 aromatic heterocycles. The molecule has 4 nitrogen and oxygen atoms in total. The number of halogens is 1. The van der Waals surface area contributed by atoms with Crippen molar-refractivity contribution in [3.63, 3.8) is 0 Å². The van der Waals surface area contributed by atoms with Gasteiger partial charge in [0.1, 0.15) is 5.58 Å². The van der Waals surface area contributed by atoms with E-state index in [-0.39, 0.29) is 6.61 Å². The van der Waals surface area contributed by atoms with Gasteiger partial charge in [-0.1, -0.05) is 18.2 Å². The number of rotatable bonds is 8. The number of furan rings is 1. The smallest absolute Gasteiger partial charge is 0.199 e. The molecule has 0 aliphatic carbocycles. The van der Waals surface area contributed by atoms with E-state index in [1.165, 1.54) is 0 Å². The summed E-state index contributed by atoms with van der Waals surface area (Å²) in [6.07, 6.45) is 0.896. The first-order chi connectivity index (χ1) is 9.33. The van der Waals surface area contributed by atoms with Crippen molar-refractivity contribution in [2.45, 2.75) is 13.0 Å². The van der Waals surface area contributed by atoms with E-state index < -0.39 is 0 Å². The molecule has 0 fully saturated rings. The lowest BCUT2D eigenvalue weighted by Crippen LogP contribution is -2.16. The van der Waals surface area contributed by atoms with Gasteiger partial charge >= 0.3 is 0 Å². The molecule has 0 saturated heterocycles. The molecular weight excluding hydrogens is 266 g/mol. The first-order valence-corrected chi connectivity index (χ1v) is 6.76. The van der Waals surface area contributed by atoms with E-state index in [0.717, 1.165) is 29.5 Å². The second-order valence-electron chi connectivity index (χ2n) is 4.22. The average Bonchev–Trinajstić information content (AvgIpc) is 2.74. The van der Waals surface area contributed by atoms with Crippen molar-refractivity contribution < 1.29 is 14.3 Å². The molecule has 2 rings (SSSR count). The molecule has 2 aromatic rings. The fourth-order valence-corrected chi connectivity index (χ4v) is 2.16. The summed E-state index contributed by atoms with van der Waals surface area (Å²) in [4.78, 5) is 0. The van der Waals surface area contributed by atoms with Gasteiger partial charge in [-0.25, -0.2) is 0 Å². The SMILES string of the molecule is OCCOCCCNCc1c(Cl)oc2ccccc12. The van der Waals surface area contributed by atoms with Gasteiger partial charge in [-0.05, 0) is 30.6 Å². The summed E-state index contributed by atoms with van der Waals surface area (Å²) < 4.78 is 10.7. The van der Waals surface area contributed by atoms with E-state index in [1.807, 2.05) is 24.3 Å². The van der Waals surface area contributed by atoms with Crippen molar-refractivity contribution in [1.82, 2.24) is 5.32 Å². The van der Waals surface area contributed by atoms with Gasteiger partial charge in [0, 0.05) is 24.1 Å². The van der Waals surface area contributed by atoms with Crippen LogP contribution in [0.25, 0.3) is 11.0 Å². The molecule has 0 atom stereocenters. The largest absolute Gasteiger partial charge is 0.444 e. The van der Waals surface area contributed by atoms with Crippen LogP contribution in [0.5, 0.6) is 0 Å². The molecule has 0 aliphatic rings. The minimum atomic E-state index is 0.0735. The van der Waals surface area contributed by atoms with Crippen LogP contribution in [0.1, 0.15) is 12.0 Å². The summed E-state index contributed by atoms with van der Waals surface area (Å²) in [7, 11) is 0. The number of hydrogen-bond donors (Lipinski definition) is 2. The minimum Gasteiger partial charge on any atom is -0.444 e. The highest BCUT2D eigenvalue weighted by Crippen LogP contribution is 2.29. The molecule has 0 aliphatic heterocycles. The Bertz CT molecular complexity index is 512. The van der Waals surface area contributed by atoms with Crippen LogP contribution in [0.4, 0.5) is 0 Å². The topological polar surface area (TPSA) is 54.6 Å². The van der Waals surface area contributed by atoms with Crippen LogP contribution in [0.15, 0.2) is 28.7 Å². The van der Waals surface area contributed by atoms with Crippen LogP contribution in [0.3, 0.4) is 0 Å². The maximum absolute atomic E-state index is 8.56. The number of para-hydroxylation sites is 1. The summed E-state index contributed by atoms with van der Waals surface area (Å²) in [5.41, 5.74) is 1.81. The Balaban J connectivity index is 1.80. The molecule has 2 N–H and O–H groups in total. The van der Waals surface area contributed by atoms with Gasteiger partial charge in [-0.15, -0.1) is 0 Å². The Morgan fingerprint density at radius 2 is 2.11 bits per heavy atom. The lowest BCUT2D eigenvalue weighted by molar-refractivity contribution is 0.0907. The Labute approximate surface area is 117 Å². The Kier molecular flexibility index (Phi) is 5.66. The summed E-state index contributed by atoms with van der Waals surface area (Å²) in [5.74, 6) is 0. The molecule has 0 radical (unpaired) electrons. The van der Waals surface area contributed by atoms with Crippen LogP contribution < -0.4 is 5.32 Å². The number of aliphatic hydroxyl groups is 1. The van der Waals surface area contributed by atoms with E-state index >= 15 is 0 Å². The molecule has 19 heavy (non-hydrogen) atoms. The summed E-state index contributed by atoms with van der Waals surface area (Å²) in [6.45, 7) is 2.63. The fraction of sp³-hybridized carbons (Fsp3) is 0.429. The van der Waals surface area contributed by atoms with E-state index in [1.54, 1.807) is 0 Å². The van der Waals surface area contributed by atoms with Crippen LogP contribution in [0, 0.1) is 0 Å². The van der Waals surface area contributed by atoms with Crippen molar-refractivity contribution in [2.75, 3.05) is 26.4 Å². The van der Waals surface area contributed by atoms with Gasteiger partial charge in [0.15, 0.2) is 5.22 Å². The average molecular weight is 284 g/mol. The minimum absolute atomic E-state index is 0.0735. The third-order valence-corrected chi connectivity index (χ3v) is 3.13. The van der Waals surface area contributed by atoms with Crippen molar-refractivity contribution in [3.05, 3.63) is 35.0 Å². The monoisotopic (exact) mass is 283 g/mol. The van der Waals surface area contributed by atoms with Gasteiger partial charge in [0.2, 0.25) is 0 Å². The summed E-state index contributed by atoms with van der Waals surface area (Å²) >= 11 is 6.09. The number of nitrogens with one attached hydrogen (secondary N) is 1. The molecule has 0 unspecified atom stereocenters. The number of ether oxygens (including phenoxy) is 1. The van der Waals surface area contributed by atoms with Crippen molar-refractivity contribution in [2.24, 2.45) is 0 Å². The zero-order valence-corrected chi connectivity index (χ0v) is 11.4. The third-order valence-electron chi connectivity index (χ3n) is 2.83. The van der Waals surface area contributed by atoms with Crippen LogP contribution in [0.2, 0.25) is 5.22 Å². The lowest BCUT2D eigenvalue weighted by atomic mass is 10.2. The predicted molar refractivity (Wildman–Crippen MR) is 75.5 cm³/mol. The number of fused-ring (bicyclic) bond motifs is 1. The molecule has 0 bridgehead atoms. The van der Waals surface area contributed by atoms with Crippen molar-refractivity contribution in [1.29, 1.82) is 0 Å². The van der Waals surface area contributed by atoms with Crippen LogP contribution >= 0.6 is 11.6 Å². The Morgan fingerprint density at radius 1 is 1.26 bits per heavy atom. The number of hydrogen-bond acceptors (Lipinski definition) is 4. The van der Waals surface area contributed by atoms with Gasteiger partial charge in [0.25, 0.3) is 0 Å². The molecular formula is C14H18ClNO3. The molecule has 104 valence electrons. The summed E-state index contributed by atoms with van der Waals surface area (Å²) in [5, 5.41) is 13.4. The number of benzene rings is 1. The van der Waals surface area contributed by atoms with Crippen LogP contribution in [-0.4, -0.2) is 31.5 Å². The predicted octanol–water partition coefficient (Wildman–Crippen LogP) is 2.57. The van der Waals surface area contributed by atoms with E-state index in [9.17, 15) is 0 Å². The first kappa shape index (κ1) is 14.3. The molecule has 1 aromatic carbocycles. The quantitative estimate of drug-likeness (QED) is 0.731. The maximum atomic E-state index is 8.56. The first-order valence-electron chi connectivity index (χ1n) is 6.38. The van der Waals surface area contributed by atoms with Gasteiger partial charge in [-0.3, -0.25) is 0 Å². The molecule has 0 saturated carbocycles. The normalized spacial score (nSPS) is 11.3. The molecule has 1 heterocycles. The molecule has 0 amide bonds. The van der Waals surface area contributed by atoms with E-state index in [0.29, 0.717) is 25.0 Å². The van der Waals surface area contributed by atoms with Crippen molar-refractivity contribution >= 4 is 22.6 Å². The Hall–Kier alpha value is -1.07. The zero-order valence-electron chi connectivity index (χ0n) is 10.7. The number of aliphatic hydroxyl groups excluding tert-OH is 1. The highest BCUT2D eigenvalue weighted by atomic mass is 35.5. The van der Waals surface area contributed by atoms with Gasteiger partial charge in [-0.2, -0.15) is 0 Å². The lowest BCUT2D eigenvalue weighted by Gasteiger charge is -2.04. The standard InChI is InChI=1S/C14H18ClNO3/c15-14-12(10-16-6-3-8-18-9-7-17)11-4-1-2-5-13(11)19-14/h1-2,4-5,16-17H,3,6-10H2. The third kappa shape index (κ3) is 3.94. The highest BCUT2D eigenvalue weighted by molar-refractivity contribution is 6.30. The van der Waals surface area contributed by atoms with Gasteiger partial charge < -0.3 is 19.6 Å². The van der Waals surface area contributed by atoms with E-state index in [2.05, 4.69) is 5.32 Å².